The van der Waals surface area contributed by atoms with Gasteiger partial charge >= 0.3 is 5.97 Å². The molecule has 5 heteroatoms. The third-order valence-corrected chi connectivity index (χ3v) is 2.99. The third kappa shape index (κ3) is 3.13. The zero-order valence-corrected chi connectivity index (χ0v) is 9.81. The number of nitrogens with zero attached hydrogens (tertiary/aromatic N) is 1. The number of carbonyl (C=O) groups excluding carboxylic acids is 2. The maximum atomic E-state index is 11.5. The lowest BCUT2D eigenvalue weighted by atomic mass is 10.3. The number of hydrogen-bond donors (Lipinski definition) is 0. The number of esters is 1. The smallest absolute Gasteiger partial charge is 0.313 e. The molecule has 0 aliphatic heterocycles. The van der Waals surface area contributed by atoms with Gasteiger partial charge in [-0.15, -0.1) is 11.3 Å². The molecule has 0 N–H and O–H groups in total. The molecule has 0 aromatic carbocycles. The number of Topliss-reactive ketones (excluding diaryl/α,β-unsaturated/α-hetero) is 1. The molecule has 0 bridgehead atoms. The van der Waals surface area contributed by atoms with Crippen molar-refractivity contribution in [2.75, 3.05) is 6.61 Å². The quantitative estimate of drug-likeness (QED) is 0.448. The van der Waals surface area contributed by atoms with E-state index < -0.39 is 5.97 Å². The van der Waals surface area contributed by atoms with Crippen molar-refractivity contribution in [3.05, 3.63) is 15.6 Å². The fraction of sp³-hybridized carbons (Fsp3) is 0.500. The van der Waals surface area contributed by atoms with Crippen LogP contribution in [0.15, 0.2) is 0 Å². The zero-order valence-electron chi connectivity index (χ0n) is 8.99. The van der Waals surface area contributed by atoms with Crippen LogP contribution in [0.5, 0.6) is 0 Å². The number of aryl methyl sites for hydroxylation is 2. The van der Waals surface area contributed by atoms with E-state index in [4.69, 9.17) is 0 Å². The molecule has 1 aromatic heterocycles. The highest BCUT2D eigenvalue weighted by molar-refractivity contribution is 7.13. The molecule has 1 heterocycles. The Bertz CT molecular complexity index is 365. The molecule has 0 spiro atoms. The van der Waals surface area contributed by atoms with E-state index in [0.717, 1.165) is 10.6 Å². The van der Waals surface area contributed by atoms with Gasteiger partial charge in [-0.1, -0.05) is 0 Å². The number of aromatic nitrogens is 1. The summed E-state index contributed by atoms with van der Waals surface area (Å²) in [6.45, 7) is 5.74. The Hall–Kier alpha value is -1.23. The Balaban J connectivity index is 2.65. The molecule has 4 nitrogen and oxygen atoms in total. The minimum atomic E-state index is -0.493. The molecule has 0 aliphatic carbocycles. The molecule has 0 aliphatic rings. The van der Waals surface area contributed by atoms with Gasteiger partial charge in [0.1, 0.15) is 6.42 Å². The molecule has 0 amide bonds. The van der Waals surface area contributed by atoms with Crippen molar-refractivity contribution in [3.63, 3.8) is 0 Å². The van der Waals surface area contributed by atoms with E-state index in [1.165, 1.54) is 11.3 Å². The van der Waals surface area contributed by atoms with E-state index in [2.05, 4.69) is 9.72 Å². The van der Waals surface area contributed by atoms with E-state index in [9.17, 15) is 9.59 Å². The van der Waals surface area contributed by atoms with Gasteiger partial charge in [-0.05, 0) is 20.8 Å². The fourth-order valence-corrected chi connectivity index (χ4v) is 1.86. The maximum Gasteiger partial charge on any atom is 0.313 e. The summed E-state index contributed by atoms with van der Waals surface area (Å²) in [4.78, 5) is 27.7. The Kier molecular flexibility index (Phi) is 3.96. The normalized spacial score (nSPS) is 10.1. The number of carbonyl (C=O) groups is 2. The average molecular weight is 227 g/mol. The first kappa shape index (κ1) is 11.8. The standard InChI is InChI=1S/C10H13NO3S/c1-4-14-9(13)5-8(12)10-11-6(2)7(3)15-10/h4-5H2,1-3H3. The van der Waals surface area contributed by atoms with Crippen LogP contribution in [0.3, 0.4) is 0 Å². The van der Waals surface area contributed by atoms with Crippen molar-refractivity contribution in [1.29, 1.82) is 0 Å². The van der Waals surface area contributed by atoms with Gasteiger partial charge in [0.2, 0.25) is 5.78 Å². The number of ketones is 1. The Morgan fingerprint density at radius 3 is 2.53 bits per heavy atom. The van der Waals surface area contributed by atoms with Crippen LogP contribution in [-0.2, 0) is 9.53 Å². The summed E-state index contributed by atoms with van der Waals surface area (Å²) in [6.07, 6.45) is -0.222. The second-order valence-corrected chi connectivity index (χ2v) is 4.27. The van der Waals surface area contributed by atoms with Crippen LogP contribution in [0.4, 0.5) is 0 Å². The van der Waals surface area contributed by atoms with Crippen molar-refractivity contribution in [2.24, 2.45) is 0 Å². The van der Waals surface area contributed by atoms with E-state index in [-0.39, 0.29) is 12.2 Å². The van der Waals surface area contributed by atoms with Crippen molar-refractivity contribution in [3.8, 4) is 0 Å². The predicted molar refractivity (Wildman–Crippen MR) is 57.2 cm³/mol. The molecule has 0 saturated heterocycles. The molecule has 0 radical (unpaired) electrons. The van der Waals surface area contributed by atoms with Crippen molar-refractivity contribution < 1.29 is 14.3 Å². The lowest BCUT2D eigenvalue weighted by molar-refractivity contribution is -0.141. The van der Waals surface area contributed by atoms with E-state index in [1.807, 2.05) is 13.8 Å². The van der Waals surface area contributed by atoms with Gasteiger partial charge in [0, 0.05) is 4.88 Å². The first-order valence-corrected chi connectivity index (χ1v) is 5.49. The van der Waals surface area contributed by atoms with Crippen LogP contribution in [0.2, 0.25) is 0 Å². The third-order valence-electron chi connectivity index (χ3n) is 1.88. The topological polar surface area (TPSA) is 56.3 Å². The average Bonchev–Trinajstić information content (AvgIpc) is 2.47. The minimum absolute atomic E-state index is 0.222. The van der Waals surface area contributed by atoms with Gasteiger partial charge in [0.25, 0.3) is 0 Å². The predicted octanol–water partition coefficient (Wildman–Crippen LogP) is 1.90. The Morgan fingerprint density at radius 2 is 2.07 bits per heavy atom. The Morgan fingerprint density at radius 1 is 1.40 bits per heavy atom. The molecule has 1 rings (SSSR count). The highest BCUT2D eigenvalue weighted by atomic mass is 32.1. The van der Waals surface area contributed by atoms with Crippen molar-refractivity contribution >= 4 is 23.1 Å². The number of hydrogen-bond acceptors (Lipinski definition) is 5. The van der Waals surface area contributed by atoms with Gasteiger partial charge in [-0.3, -0.25) is 9.59 Å². The molecular formula is C10H13NO3S. The fourth-order valence-electron chi connectivity index (χ4n) is 1.01. The van der Waals surface area contributed by atoms with Gasteiger partial charge in [-0.25, -0.2) is 4.98 Å². The van der Waals surface area contributed by atoms with Crippen molar-refractivity contribution in [1.82, 2.24) is 4.98 Å². The number of thiazole rings is 1. The summed E-state index contributed by atoms with van der Waals surface area (Å²) in [5.41, 5.74) is 0.840. The molecule has 0 fully saturated rings. The number of ether oxygens (including phenoxy) is 1. The summed E-state index contributed by atoms with van der Waals surface area (Å²) in [5, 5.41) is 0.387. The number of rotatable bonds is 4. The van der Waals surface area contributed by atoms with Crippen LogP contribution in [0, 0.1) is 13.8 Å². The van der Waals surface area contributed by atoms with E-state index in [1.54, 1.807) is 6.92 Å². The van der Waals surface area contributed by atoms with Gasteiger partial charge in [0.05, 0.1) is 12.3 Å². The second-order valence-electron chi connectivity index (χ2n) is 3.07. The van der Waals surface area contributed by atoms with Crippen LogP contribution in [-0.4, -0.2) is 23.3 Å². The zero-order chi connectivity index (χ0) is 11.4. The van der Waals surface area contributed by atoms with Gasteiger partial charge in [0.15, 0.2) is 5.01 Å². The minimum Gasteiger partial charge on any atom is -0.466 e. The van der Waals surface area contributed by atoms with Gasteiger partial charge in [-0.2, -0.15) is 0 Å². The van der Waals surface area contributed by atoms with Gasteiger partial charge < -0.3 is 4.74 Å². The summed E-state index contributed by atoms with van der Waals surface area (Å²) >= 11 is 1.31. The molecule has 1 aromatic rings. The summed E-state index contributed by atoms with van der Waals surface area (Å²) in [6, 6.07) is 0. The molecular weight excluding hydrogens is 214 g/mol. The molecule has 15 heavy (non-hydrogen) atoms. The highest BCUT2D eigenvalue weighted by Crippen LogP contribution is 2.17. The first-order chi connectivity index (χ1) is 7.04. The summed E-state index contributed by atoms with van der Waals surface area (Å²) < 4.78 is 4.69. The lowest BCUT2D eigenvalue weighted by Crippen LogP contribution is -2.11. The summed E-state index contributed by atoms with van der Waals surface area (Å²) in [5.74, 6) is -0.761. The molecule has 0 unspecified atom stereocenters. The monoisotopic (exact) mass is 227 g/mol. The summed E-state index contributed by atoms with van der Waals surface area (Å²) in [7, 11) is 0. The SMILES string of the molecule is CCOC(=O)CC(=O)c1nc(C)c(C)s1. The first-order valence-electron chi connectivity index (χ1n) is 4.67. The Labute approximate surface area is 92.3 Å². The maximum absolute atomic E-state index is 11.5. The van der Waals surface area contributed by atoms with E-state index in [0.29, 0.717) is 11.6 Å². The largest absolute Gasteiger partial charge is 0.466 e. The van der Waals surface area contributed by atoms with Crippen LogP contribution < -0.4 is 0 Å². The van der Waals surface area contributed by atoms with Crippen LogP contribution in [0.1, 0.15) is 33.7 Å². The van der Waals surface area contributed by atoms with Crippen molar-refractivity contribution in [2.45, 2.75) is 27.2 Å². The molecule has 82 valence electrons. The molecule has 0 atom stereocenters. The van der Waals surface area contributed by atoms with Crippen LogP contribution >= 0.6 is 11.3 Å². The van der Waals surface area contributed by atoms with Crippen LogP contribution in [0.25, 0.3) is 0 Å². The highest BCUT2D eigenvalue weighted by Gasteiger charge is 2.16. The molecule has 0 saturated carbocycles. The van der Waals surface area contributed by atoms with E-state index >= 15 is 0 Å². The second kappa shape index (κ2) is 5.02. The lowest BCUT2D eigenvalue weighted by Gasteiger charge is -1.98.